The van der Waals surface area contributed by atoms with Crippen molar-refractivity contribution in [2.24, 2.45) is 0 Å². The zero-order chi connectivity index (χ0) is 22.8. The van der Waals surface area contributed by atoms with Gasteiger partial charge in [0.1, 0.15) is 11.8 Å². The van der Waals surface area contributed by atoms with E-state index in [1.165, 1.54) is 10.5 Å². The SMILES string of the molecule is CCCNC(=O)C(CC)N(Cc1c(Cl)cccc1Cl)C(=O)COc1ccc(CC)cc1. The Labute approximate surface area is 194 Å². The number of carbonyl (C=O) groups excluding carboxylic acids is 2. The highest BCUT2D eigenvalue weighted by Gasteiger charge is 2.29. The number of nitrogens with one attached hydrogen (secondary N) is 1. The maximum absolute atomic E-state index is 13.2. The fourth-order valence-electron chi connectivity index (χ4n) is 3.19. The average molecular weight is 465 g/mol. The molecule has 0 saturated heterocycles. The molecule has 2 aromatic carbocycles. The number of nitrogens with zero attached hydrogens (tertiary/aromatic N) is 1. The van der Waals surface area contributed by atoms with Gasteiger partial charge in [-0.1, -0.05) is 62.2 Å². The van der Waals surface area contributed by atoms with E-state index in [0.29, 0.717) is 34.3 Å². The van der Waals surface area contributed by atoms with Crippen molar-refractivity contribution >= 4 is 35.0 Å². The van der Waals surface area contributed by atoms with Crippen LogP contribution in [0.2, 0.25) is 10.0 Å². The summed E-state index contributed by atoms with van der Waals surface area (Å²) < 4.78 is 5.71. The summed E-state index contributed by atoms with van der Waals surface area (Å²) in [7, 11) is 0. The molecule has 0 spiro atoms. The number of benzene rings is 2. The number of amides is 2. The Hall–Kier alpha value is -2.24. The van der Waals surface area contributed by atoms with Crippen molar-refractivity contribution < 1.29 is 14.3 Å². The molecule has 1 atom stereocenters. The normalized spacial score (nSPS) is 11.6. The van der Waals surface area contributed by atoms with Crippen LogP contribution < -0.4 is 10.1 Å². The Balaban J connectivity index is 2.23. The van der Waals surface area contributed by atoms with Crippen LogP contribution in [-0.2, 0) is 22.6 Å². The van der Waals surface area contributed by atoms with Gasteiger partial charge in [0.05, 0.1) is 0 Å². The quantitative estimate of drug-likeness (QED) is 0.492. The Kier molecular flexibility index (Phi) is 10.2. The highest BCUT2D eigenvalue weighted by atomic mass is 35.5. The van der Waals surface area contributed by atoms with Gasteiger partial charge in [0.2, 0.25) is 5.91 Å². The lowest BCUT2D eigenvalue weighted by Crippen LogP contribution is -2.50. The summed E-state index contributed by atoms with van der Waals surface area (Å²) in [5.41, 5.74) is 1.79. The Morgan fingerprint density at radius 1 is 1.03 bits per heavy atom. The summed E-state index contributed by atoms with van der Waals surface area (Å²) >= 11 is 12.7. The molecule has 0 saturated carbocycles. The minimum atomic E-state index is -0.655. The Morgan fingerprint density at radius 2 is 1.68 bits per heavy atom. The molecular weight excluding hydrogens is 435 g/mol. The maximum atomic E-state index is 13.2. The fourth-order valence-corrected chi connectivity index (χ4v) is 3.71. The van der Waals surface area contributed by atoms with Crippen molar-refractivity contribution in [2.45, 2.75) is 52.6 Å². The molecular formula is C24H30Cl2N2O3. The van der Waals surface area contributed by atoms with Gasteiger partial charge in [0.15, 0.2) is 6.61 Å². The first-order valence-corrected chi connectivity index (χ1v) is 11.4. The van der Waals surface area contributed by atoms with Gasteiger partial charge in [-0.3, -0.25) is 9.59 Å². The van der Waals surface area contributed by atoms with Gasteiger partial charge < -0.3 is 15.0 Å². The molecule has 0 aliphatic carbocycles. The summed E-state index contributed by atoms with van der Waals surface area (Å²) in [5, 5.41) is 3.78. The van der Waals surface area contributed by atoms with Crippen LogP contribution in [0, 0.1) is 0 Å². The predicted molar refractivity (Wildman–Crippen MR) is 126 cm³/mol. The Morgan fingerprint density at radius 3 is 2.23 bits per heavy atom. The topological polar surface area (TPSA) is 58.6 Å². The molecule has 168 valence electrons. The number of hydrogen-bond donors (Lipinski definition) is 1. The van der Waals surface area contributed by atoms with E-state index in [2.05, 4.69) is 12.2 Å². The second-order valence-electron chi connectivity index (χ2n) is 7.22. The summed E-state index contributed by atoms with van der Waals surface area (Å²) in [6.45, 7) is 6.40. The molecule has 0 radical (unpaired) electrons. The number of hydrogen-bond acceptors (Lipinski definition) is 3. The molecule has 0 aliphatic rings. The van der Waals surface area contributed by atoms with Gasteiger partial charge in [-0.05, 0) is 49.1 Å². The zero-order valence-electron chi connectivity index (χ0n) is 18.3. The first kappa shape index (κ1) is 25.0. The van der Waals surface area contributed by atoms with Gasteiger partial charge in [0, 0.05) is 28.7 Å². The number of aryl methyl sites for hydroxylation is 1. The molecule has 0 heterocycles. The molecule has 7 heteroatoms. The van der Waals surface area contributed by atoms with Gasteiger partial charge >= 0.3 is 0 Å². The number of ether oxygens (including phenoxy) is 1. The van der Waals surface area contributed by atoms with Crippen LogP contribution in [0.1, 0.15) is 44.7 Å². The smallest absolute Gasteiger partial charge is 0.261 e. The van der Waals surface area contributed by atoms with Crippen LogP contribution in [-0.4, -0.2) is 35.9 Å². The monoisotopic (exact) mass is 464 g/mol. The van der Waals surface area contributed by atoms with E-state index in [-0.39, 0.29) is 25.0 Å². The Bertz CT molecular complexity index is 851. The maximum Gasteiger partial charge on any atom is 0.261 e. The van der Waals surface area contributed by atoms with Crippen LogP contribution >= 0.6 is 23.2 Å². The van der Waals surface area contributed by atoms with E-state index < -0.39 is 6.04 Å². The van der Waals surface area contributed by atoms with E-state index in [1.54, 1.807) is 18.2 Å². The number of halogens is 2. The van der Waals surface area contributed by atoms with Crippen molar-refractivity contribution in [1.82, 2.24) is 10.2 Å². The van der Waals surface area contributed by atoms with E-state index in [0.717, 1.165) is 12.8 Å². The minimum Gasteiger partial charge on any atom is -0.484 e. The minimum absolute atomic E-state index is 0.119. The van der Waals surface area contributed by atoms with Crippen molar-refractivity contribution in [3.63, 3.8) is 0 Å². The second kappa shape index (κ2) is 12.6. The number of rotatable bonds is 11. The van der Waals surface area contributed by atoms with Crippen LogP contribution in [0.15, 0.2) is 42.5 Å². The third-order valence-corrected chi connectivity index (χ3v) is 5.73. The highest BCUT2D eigenvalue weighted by molar-refractivity contribution is 6.36. The van der Waals surface area contributed by atoms with Gasteiger partial charge in [-0.2, -0.15) is 0 Å². The molecule has 0 aromatic heterocycles. The van der Waals surface area contributed by atoms with Crippen LogP contribution in [0.25, 0.3) is 0 Å². The van der Waals surface area contributed by atoms with E-state index >= 15 is 0 Å². The largest absolute Gasteiger partial charge is 0.484 e. The van der Waals surface area contributed by atoms with E-state index in [1.807, 2.05) is 38.1 Å². The first-order valence-electron chi connectivity index (χ1n) is 10.6. The van der Waals surface area contributed by atoms with Gasteiger partial charge in [-0.15, -0.1) is 0 Å². The molecule has 1 unspecified atom stereocenters. The summed E-state index contributed by atoms with van der Waals surface area (Å²) in [5.74, 6) is 0.0898. The highest BCUT2D eigenvalue weighted by Crippen LogP contribution is 2.27. The third-order valence-electron chi connectivity index (χ3n) is 5.02. The van der Waals surface area contributed by atoms with Crippen molar-refractivity contribution in [2.75, 3.05) is 13.2 Å². The summed E-state index contributed by atoms with van der Waals surface area (Å²) in [4.78, 5) is 27.5. The van der Waals surface area contributed by atoms with E-state index in [4.69, 9.17) is 27.9 Å². The number of carbonyl (C=O) groups is 2. The third kappa shape index (κ3) is 7.15. The van der Waals surface area contributed by atoms with Crippen molar-refractivity contribution in [3.05, 3.63) is 63.6 Å². The summed E-state index contributed by atoms with van der Waals surface area (Å²) in [6, 6.07) is 12.1. The molecule has 0 fully saturated rings. The molecule has 0 aliphatic heterocycles. The van der Waals surface area contributed by atoms with Crippen LogP contribution in [0.5, 0.6) is 5.75 Å². The lowest BCUT2D eigenvalue weighted by atomic mass is 10.1. The molecule has 2 aromatic rings. The first-order chi connectivity index (χ1) is 14.9. The molecule has 5 nitrogen and oxygen atoms in total. The summed E-state index contributed by atoms with van der Waals surface area (Å²) in [6.07, 6.45) is 2.19. The van der Waals surface area contributed by atoms with Gasteiger partial charge in [0.25, 0.3) is 5.91 Å². The zero-order valence-corrected chi connectivity index (χ0v) is 19.8. The van der Waals surface area contributed by atoms with Crippen LogP contribution in [0.4, 0.5) is 0 Å². The molecule has 2 rings (SSSR count). The molecule has 31 heavy (non-hydrogen) atoms. The molecule has 0 bridgehead atoms. The lowest BCUT2D eigenvalue weighted by Gasteiger charge is -2.31. The van der Waals surface area contributed by atoms with Crippen molar-refractivity contribution in [1.29, 1.82) is 0 Å². The second-order valence-corrected chi connectivity index (χ2v) is 8.04. The predicted octanol–water partition coefficient (Wildman–Crippen LogP) is 5.27. The van der Waals surface area contributed by atoms with Crippen molar-refractivity contribution in [3.8, 4) is 5.75 Å². The lowest BCUT2D eigenvalue weighted by molar-refractivity contribution is -0.143. The van der Waals surface area contributed by atoms with E-state index in [9.17, 15) is 9.59 Å². The van der Waals surface area contributed by atoms with Gasteiger partial charge in [-0.25, -0.2) is 0 Å². The average Bonchev–Trinajstić information content (AvgIpc) is 2.78. The van der Waals surface area contributed by atoms with Crippen LogP contribution in [0.3, 0.4) is 0 Å². The molecule has 1 N–H and O–H groups in total. The standard InChI is InChI=1S/C24H30Cl2N2O3/c1-4-14-27-24(30)22(6-3)28(15-19-20(25)8-7-9-21(19)26)23(29)16-31-18-12-10-17(5-2)11-13-18/h7-13,22H,4-6,14-16H2,1-3H3,(H,27,30). The fraction of sp³-hybridized carbons (Fsp3) is 0.417. The molecule has 2 amide bonds.